The molecule has 31 heavy (non-hydrogen) atoms. The summed E-state index contributed by atoms with van der Waals surface area (Å²) in [5.41, 5.74) is 1.75. The normalized spacial score (nSPS) is 11.3. The van der Waals surface area contributed by atoms with Gasteiger partial charge in [0.1, 0.15) is 5.82 Å². The number of carbonyl (C=O) groups is 1. The lowest BCUT2D eigenvalue weighted by molar-refractivity contribution is -0.121. The van der Waals surface area contributed by atoms with Crippen LogP contribution >= 0.6 is 11.6 Å². The smallest absolute Gasteiger partial charge is 0.221 e. The Morgan fingerprint density at radius 2 is 1.77 bits per heavy atom. The van der Waals surface area contributed by atoms with Gasteiger partial charge in [0.05, 0.1) is 5.52 Å². The van der Waals surface area contributed by atoms with Gasteiger partial charge in [-0.15, -0.1) is 0 Å². The van der Waals surface area contributed by atoms with E-state index in [0.29, 0.717) is 42.2 Å². The number of benzene rings is 2. The molecule has 0 atom stereocenters. The van der Waals surface area contributed by atoms with E-state index in [4.69, 9.17) is 21.6 Å². The molecule has 1 heterocycles. The van der Waals surface area contributed by atoms with Crippen molar-refractivity contribution in [2.24, 2.45) is 11.8 Å². The van der Waals surface area contributed by atoms with Crippen LogP contribution in [-0.4, -0.2) is 35.5 Å². The highest BCUT2D eigenvalue weighted by molar-refractivity contribution is 6.31. The van der Waals surface area contributed by atoms with Gasteiger partial charge in [0.15, 0.2) is 5.82 Å². The quantitative estimate of drug-likeness (QED) is 0.474. The highest BCUT2D eigenvalue weighted by Gasteiger charge is 2.18. The third-order valence-electron chi connectivity index (χ3n) is 4.87. The second kappa shape index (κ2) is 10.6. The van der Waals surface area contributed by atoms with Crippen molar-refractivity contribution in [3.63, 3.8) is 0 Å². The molecule has 5 nitrogen and oxygen atoms in total. The number of rotatable bonds is 9. The molecule has 0 bridgehead atoms. The van der Waals surface area contributed by atoms with Gasteiger partial charge in [0, 0.05) is 42.0 Å². The first kappa shape index (κ1) is 23.0. The fraction of sp³-hybridized carbons (Fsp3) is 0.400. The molecule has 3 aromatic rings. The first-order valence-electron chi connectivity index (χ1n) is 10.9. The van der Waals surface area contributed by atoms with Gasteiger partial charge in [-0.25, -0.2) is 9.97 Å². The molecule has 0 spiro atoms. The van der Waals surface area contributed by atoms with Crippen LogP contribution in [0.15, 0.2) is 48.5 Å². The van der Waals surface area contributed by atoms with E-state index in [0.717, 1.165) is 28.8 Å². The molecule has 0 saturated heterocycles. The third kappa shape index (κ3) is 6.41. The standard InChI is InChI=1S/C25H31ClN4O/c1-17(2)15-27-23(31)12-13-30(16-18(3)4)25-21-11-10-20(26)14-22(21)28-24(29-25)19-8-6-5-7-9-19/h5-11,14,17-18H,12-13,15-16H2,1-4H3,(H,27,31). The van der Waals surface area contributed by atoms with Gasteiger partial charge < -0.3 is 10.2 Å². The monoisotopic (exact) mass is 438 g/mol. The lowest BCUT2D eigenvalue weighted by Crippen LogP contribution is -2.35. The maximum absolute atomic E-state index is 12.4. The molecule has 0 aliphatic carbocycles. The molecular weight excluding hydrogens is 408 g/mol. The summed E-state index contributed by atoms with van der Waals surface area (Å²) in [6.45, 7) is 10.6. The van der Waals surface area contributed by atoms with Crippen molar-refractivity contribution >= 4 is 34.2 Å². The molecule has 1 amide bonds. The molecule has 0 fully saturated rings. The largest absolute Gasteiger partial charge is 0.356 e. The fourth-order valence-corrected chi connectivity index (χ4v) is 3.58. The number of amides is 1. The number of halogens is 1. The minimum atomic E-state index is 0.0622. The molecule has 0 radical (unpaired) electrons. The van der Waals surface area contributed by atoms with Crippen LogP contribution in [0.3, 0.4) is 0 Å². The Labute approximate surface area is 189 Å². The van der Waals surface area contributed by atoms with Gasteiger partial charge in [-0.1, -0.05) is 69.6 Å². The number of anilines is 1. The van der Waals surface area contributed by atoms with E-state index in [2.05, 4.69) is 37.9 Å². The van der Waals surface area contributed by atoms with E-state index in [1.807, 2.05) is 48.5 Å². The first-order valence-corrected chi connectivity index (χ1v) is 11.3. The average Bonchev–Trinajstić information content (AvgIpc) is 2.74. The zero-order chi connectivity index (χ0) is 22.4. The Kier molecular flexibility index (Phi) is 7.85. The van der Waals surface area contributed by atoms with Crippen LogP contribution in [0.4, 0.5) is 5.82 Å². The summed E-state index contributed by atoms with van der Waals surface area (Å²) >= 11 is 6.27. The molecule has 0 aliphatic heterocycles. The minimum Gasteiger partial charge on any atom is -0.356 e. The van der Waals surface area contributed by atoms with Crippen molar-refractivity contribution < 1.29 is 4.79 Å². The summed E-state index contributed by atoms with van der Waals surface area (Å²) in [6.07, 6.45) is 0.416. The summed E-state index contributed by atoms with van der Waals surface area (Å²) in [7, 11) is 0. The van der Waals surface area contributed by atoms with Gasteiger partial charge in [0.25, 0.3) is 0 Å². The Balaban J connectivity index is 1.99. The summed E-state index contributed by atoms with van der Waals surface area (Å²) in [5, 5.41) is 4.58. The van der Waals surface area contributed by atoms with Gasteiger partial charge in [0.2, 0.25) is 5.91 Å². The zero-order valence-electron chi connectivity index (χ0n) is 18.7. The summed E-state index contributed by atoms with van der Waals surface area (Å²) in [5.74, 6) is 2.40. The molecule has 0 unspecified atom stereocenters. The SMILES string of the molecule is CC(C)CNC(=O)CCN(CC(C)C)c1nc(-c2ccccc2)nc2cc(Cl)ccc12. The van der Waals surface area contributed by atoms with Crippen LogP contribution in [0.25, 0.3) is 22.3 Å². The van der Waals surface area contributed by atoms with Crippen LogP contribution in [0, 0.1) is 11.8 Å². The van der Waals surface area contributed by atoms with Crippen molar-refractivity contribution in [2.45, 2.75) is 34.1 Å². The zero-order valence-corrected chi connectivity index (χ0v) is 19.5. The van der Waals surface area contributed by atoms with Crippen LogP contribution < -0.4 is 10.2 Å². The number of nitrogens with zero attached hydrogens (tertiary/aromatic N) is 3. The van der Waals surface area contributed by atoms with E-state index in [-0.39, 0.29) is 5.91 Å². The maximum Gasteiger partial charge on any atom is 0.221 e. The van der Waals surface area contributed by atoms with Crippen LogP contribution in [0.2, 0.25) is 5.02 Å². The summed E-state index contributed by atoms with van der Waals surface area (Å²) in [6, 6.07) is 15.6. The van der Waals surface area contributed by atoms with E-state index in [9.17, 15) is 4.79 Å². The fourth-order valence-electron chi connectivity index (χ4n) is 3.41. The maximum atomic E-state index is 12.4. The predicted octanol–water partition coefficient (Wildman–Crippen LogP) is 5.57. The van der Waals surface area contributed by atoms with Crippen molar-refractivity contribution in [1.82, 2.24) is 15.3 Å². The molecule has 1 N–H and O–H groups in total. The Morgan fingerprint density at radius 3 is 2.45 bits per heavy atom. The van der Waals surface area contributed by atoms with Crippen LogP contribution in [0.5, 0.6) is 0 Å². The molecule has 0 saturated carbocycles. The number of aromatic nitrogens is 2. The van der Waals surface area contributed by atoms with Crippen LogP contribution in [0.1, 0.15) is 34.1 Å². The number of hydrogen-bond donors (Lipinski definition) is 1. The van der Waals surface area contributed by atoms with Gasteiger partial charge in [-0.05, 0) is 30.0 Å². The Morgan fingerprint density at radius 1 is 1.03 bits per heavy atom. The van der Waals surface area contributed by atoms with Crippen LogP contribution in [-0.2, 0) is 4.79 Å². The van der Waals surface area contributed by atoms with E-state index >= 15 is 0 Å². The van der Waals surface area contributed by atoms with Crippen molar-refractivity contribution in [1.29, 1.82) is 0 Å². The molecule has 164 valence electrons. The molecule has 3 rings (SSSR count). The second-order valence-electron chi connectivity index (χ2n) is 8.69. The third-order valence-corrected chi connectivity index (χ3v) is 5.11. The number of hydrogen-bond acceptors (Lipinski definition) is 4. The van der Waals surface area contributed by atoms with Gasteiger partial charge in [-0.2, -0.15) is 0 Å². The Hall–Kier alpha value is -2.66. The highest BCUT2D eigenvalue weighted by atomic mass is 35.5. The molecule has 6 heteroatoms. The van der Waals surface area contributed by atoms with Gasteiger partial charge in [-0.3, -0.25) is 4.79 Å². The van der Waals surface area contributed by atoms with E-state index < -0.39 is 0 Å². The van der Waals surface area contributed by atoms with E-state index in [1.165, 1.54) is 0 Å². The highest BCUT2D eigenvalue weighted by Crippen LogP contribution is 2.30. The lowest BCUT2D eigenvalue weighted by Gasteiger charge is -2.27. The summed E-state index contributed by atoms with van der Waals surface area (Å²) < 4.78 is 0. The predicted molar refractivity (Wildman–Crippen MR) is 129 cm³/mol. The summed E-state index contributed by atoms with van der Waals surface area (Å²) in [4.78, 5) is 24.3. The van der Waals surface area contributed by atoms with Gasteiger partial charge >= 0.3 is 0 Å². The molecular formula is C25H31ClN4O. The van der Waals surface area contributed by atoms with Crippen molar-refractivity contribution in [3.8, 4) is 11.4 Å². The first-order chi connectivity index (χ1) is 14.8. The minimum absolute atomic E-state index is 0.0622. The lowest BCUT2D eigenvalue weighted by atomic mass is 10.1. The Bertz CT molecular complexity index is 1020. The van der Waals surface area contributed by atoms with Crippen molar-refractivity contribution in [3.05, 3.63) is 53.6 Å². The van der Waals surface area contributed by atoms with E-state index in [1.54, 1.807) is 0 Å². The number of carbonyl (C=O) groups excluding carboxylic acids is 1. The molecule has 2 aromatic carbocycles. The molecule has 0 aliphatic rings. The molecule has 1 aromatic heterocycles. The number of fused-ring (bicyclic) bond motifs is 1. The topological polar surface area (TPSA) is 58.1 Å². The average molecular weight is 439 g/mol. The van der Waals surface area contributed by atoms with Crippen molar-refractivity contribution in [2.75, 3.05) is 24.5 Å². The second-order valence-corrected chi connectivity index (χ2v) is 9.12. The number of nitrogens with one attached hydrogen (secondary N) is 1.